The van der Waals surface area contributed by atoms with Gasteiger partial charge >= 0.3 is 0 Å². The van der Waals surface area contributed by atoms with Crippen molar-refractivity contribution in [3.8, 4) is 0 Å². The Kier molecular flexibility index (Phi) is 6.03. The zero-order chi connectivity index (χ0) is 25.6. The highest BCUT2D eigenvalue weighted by Crippen LogP contribution is 2.39. The zero-order valence-electron chi connectivity index (χ0n) is 21.9. The van der Waals surface area contributed by atoms with Crippen LogP contribution in [-0.2, 0) is 25.7 Å². The lowest BCUT2D eigenvalue weighted by Crippen LogP contribution is -1.88. The zero-order valence-corrected chi connectivity index (χ0v) is 23.5. The van der Waals surface area contributed by atoms with E-state index >= 15 is 0 Å². The fourth-order valence-electron chi connectivity index (χ4n) is 5.54. The molecule has 2 heteroatoms. The van der Waals surface area contributed by atoms with Gasteiger partial charge < -0.3 is 0 Å². The first-order valence-electron chi connectivity index (χ1n) is 13.5. The van der Waals surface area contributed by atoms with Crippen LogP contribution in [0.5, 0.6) is 0 Å². The van der Waals surface area contributed by atoms with E-state index in [0.29, 0.717) is 0 Å². The van der Waals surface area contributed by atoms with E-state index in [4.69, 9.17) is 0 Å². The van der Waals surface area contributed by atoms with Gasteiger partial charge in [0.2, 0.25) is 0 Å². The molecule has 5 aromatic carbocycles. The van der Waals surface area contributed by atoms with Gasteiger partial charge in [0.05, 0.1) is 0 Å². The van der Waals surface area contributed by atoms with E-state index in [1.54, 1.807) is 0 Å². The van der Waals surface area contributed by atoms with E-state index in [1.165, 1.54) is 73.7 Å². The average molecular weight is 527 g/mol. The Balaban J connectivity index is 1.21. The van der Waals surface area contributed by atoms with Crippen molar-refractivity contribution in [3.05, 3.63) is 129 Å². The second kappa shape index (κ2) is 9.69. The number of fused-ring (bicyclic) bond motifs is 6. The highest BCUT2D eigenvalue weighted by Gasteiger charge is 2.11. The summed E-state index contributed by atoms with van der Waals surface area (Å²) >= 11 is 3.95. The van der Waals surface area contributed by atoms with Gasteiger partial charge in [-0.15, -0.1) is 22.7 Å². The topological polar surface area (TPSA) is 0 Å². The maximum absolute atomic E-state index is 2.43. The van der Waals surface area contributed by atoms with Gasteiger partial charge in [0.15, 0.2) is 0 Å². The van der Waals surface area contributed by atoms with Gasteiger partial charge in [-0.1, -0.05) is 83.9 Å². The van der Waals surface area contributed by atoms with Crippen molar-refractivity contribution in [3.63, 3.8) is 0 Å². The number of hydrogen-bond acceptors (Lipinski definition) is 2. The third kappa shape index (κ3) is 4.53. The first-order valence-corrected chi connectivity index (χ1v) is 15.1. The highest BCUT2D eigenvalue weighted by molar-refractivity contribution is 7.20. The van der Waals surface area contributed by atoms with E-state index in [-0.39, 0.29) is 0 Å². The summed E-state index contributed by atoms with van der Waals surface area (Å²) in [6, 6.07) is 36.9. The standard InChI is InChI=1S/C36H30S2/c1-23-3-7-25(8-4-23)11-17-31-19-29-15-13-27-22-34-28(21-33(27)35(29)37-31)14-16-30-20-32(38-36(30)34)18-12-26-9-5-24(2)6-10-26/h3-10,13-16,19-22H,11-12,17-18H2,1-2H3. The van der Waals surface area contributed by atoms with Gasteiger partial charge in [-0.25, -0.2) is 0 Å². The molecular weight excluding hydrogens is 497 g/mol. The Hall–Kier alpha value is -3.46. The van der Waals surface area contributed by atoms with E-state index in [9.17, 15) is 0 Å². The van der Waals surface area contributed by atoms with Gasteiger partial charge in [0, 0.05) is 29.9 Å². The minimum absolute atomic E-state index is 1.09. The quantitative estimate of drug-likeness (QED) is 0.189. The van der Waals surface area contributed by atoms with E-state index in [1.807, 2.05) is 22.7 Å². The van der Waals surface area contributed by atoms with Crippen LogP contribution < -0.4 is 0 Å². The molecule has 0 aliphatic rings. The molecule has 7 rings (SSSR count). The third-order valence-electron chi connectivity index (χ3n) is 7.78. The van der Waals surface area contributed by atoms with Crippen LogP contribution in [0.4, 0.5) is 0 Å². The van der Waals surface area contributed by atoms with Crippen molar-refractivity contribution in [1.82, 2.24) is 0 Å². The summed E-state index contributed by atoms with van der Waals surface area (Å²) < 4.78 is 2.85. The van der Waals surface area contributed by atoms with E-state index < -0.39 is 0 Å². The lowest BCUT2D eigenvalue weighted by Gasteiger charge is -2.05. The number of rotatable bonds is 6. The number of benzene rings is 5. The first-order chi connectivity index (χ1) is 18.6. The maximum Gasteiger partial charge on any atom is 0.0424 e. The summed E-state index contributed by atoms with van der Waals surface area (Å²) in [4.78, 5) is 2.94. The normalized spacial score (nSPS) is 11.8. The van der Waals surface area contributed by atoms with Crippen molar-refractivity contribution >= 4 is 64.4 Å². The van der Waals surface area contributed by atoms with Gasteiger partial charge in [-0.2, -0.15) is 0 Å². The van der Waals surface area contributed by atoms with Crippen LogP contribution in [0.25, 0.3) is 41.7 Å². The lowest BCUT2D eigenvalue weighted by atomic mass is 10.0. The second-order valence-electron chi connectivity index (χ2n) is 10.7. The predicted octanol–water partition coefficient (Wildman–Crippen LogP) is 10.6. The average Bonchev–Trinajstić information content (AvgIpc) is 3.56. The summed E-state index contributed by atoms with van der Waals surface area (Å²) in [7, 11) is 0. The minimum Gasteiger partial charge on any atom is -0.140 e. The van der Waals surface area contributed by atoms with Crippen molar-refractivity contribution in [2.45, 2.75) is 39.5 Å². The van der Waals surface area contributed by atoms with E-state index in [2.05, 4.69) is 111 Å². The van der Waals surface area contributed by atoms with Crippen LogP contribution in [0.15, 0.2) is 97.1 Å². The maximum atomic E-state index is 2.43. The van der Waals surface area contributed by atoms with Gasteiger partial charge in [-0.05, 0) is 96.5 Å². The summed E-state index contributed by atoms with van der Waals surface area (Å²) in [5, 5.41) is 8.21. The molecule has 0 spiro atoms. The molecular formula is C36H30S2. The molecule has 0 unspecified atom stereocenters. The van der Waals surface area contributed by atoms with Gasteiger partial charge in [0.25, 0.3) is 0 Å². The SMILES string of the molecule is Cc1ccc(CCc2cc3ccc4cc5c(ccc6cc(CCc7ccc(C)cc7)sc65)cc4c3s2)cc1. The summed E-state index contributed by atoms with van der Waals surface area (Å²) in [5.41, 5.74) is 5.49. The molecule has 2 aromatic heterocycles. The molecule has 2 heterocycles. The van der Waals surface area contributed by atoms with Crippen molar-refractivity contribution in [2.75, 3.05) is 0 Å². The molecule has 186 valence electrons. The Labute approximate surface area is 232 Å². The molecule has 38 heavy (non-hydrogen) atoms. The molecule has 0 bridgehead atoms. The fourth-order valence-corrected chi connectivity index (χ4v) is 7.91. The summed E-state index contributed by atoms with van der Waals surface area (Å²) in [5.74, 6) is 0. The van der Waals surface area contributed by atoms with Crippen molar-refractivity contribution in [1.29, 1.82) is 0 Å². The number of thiophene rings is 2. The smallest absolute Gasteiger partial charge is 0.0424 e. The predicted molar refractivity (Wildman–Crippen MR) is 169 cm³/mol. The van der Waals surface area contributed by atoms with Crippen LogP contribution >= 0.6 is 22.7 Å². The Morgan fingerprint density at radius 1 is 0.421 bits per heavy atom. The monoisotopic (exact) mass is 526 g/mol. The van der Waals surface area contributed by atoms with Gasteiger partial charge in [0.1, 0.15) is 0 Å². The van der Waals surface area contributed by atoms with Crippen LogP contribution in [0.2, 0.25) is 0 Å². The number of aryl methyl sites for hydroxylation is 6. The summed E-state index contributed by atoms with van der Waals surface area (Å²) in [6.07, 6.45) is 4.38. The molecule has 7 aromatic rings. The summed E-state index contributed by atoms with van der Waals surface area (Å²) in [6.45, 7) is 4.30. The first kappa shape index (κ1) is 23.6. The highest BCUT2D eigenvalue weighted by atomic mass is 32.1. The molecule has 0 radical (unpaired) electrons. The van der Waals surface area contributed by atoms with E-state index in [0.717, 1.165) is 25.7 Å². The third-order valence-corrected chi connectivity index (χ3v) is 10.3. The van der Waals surface area contributed by atoms with Crippen molar-refractivity contribution < 1.29 is 0 Å². The Morgan fingerprint density at radius 3 is 1.24 bits per heavy atom. The Morgan fingerprint density at radius 2 is 0.816 bits per heavy atom. The molecule has 0 aliphatic heterocycles. The largest absolute Gasteiger partial charge is 0.140 e. The van der Waals surface area contributed by atoms with Crippen LogP contribution in [-0.4, -0.2) is 0 Å². The van der Waals surface area contributed by atoms with Crippen LogP contribution in [0.1, 0.15) is 32.0 Å². The molecule has 0 saturated heterocycles. The molecule has 0 aliphatic carbocycles. The van der Waals surface area contributed by atoms with Gasteiger partial charge in [-0.3, -0.25) is 0 Å². The molecule has 0 atom stereocenters. The molecule has 0 amide bonds. The molecule has 0 saturated carbocycles. The Bertz CT molecular complexity index is 1770. The molecule has 0 N–H and O–H groups in total. The fraction of sp³-hybridized carbons (Fsp3) is 0.167. The number of hydrogen-bond donors (Lipinski definition) is 0. The second-order valence-corrected chi connectivity index (χ2v) is 12.9. The molecule has 0 nitrogen and oxygen atoms in total. The van der Waals surface area contributed by atoms with Crippen LogP contribution in [0, 0.1) is 13.8 Å². The van der Waals surface area contributed by atoms with Crippen LogP contribution in [0.3, 0.4) is 0 Å². The van der Waals surface area contributed by atoms with Crippen molar-refractivity contribution in [2.24, 2.45) is 0 Å². The molecule has 0 fully saturated rings. The lowest BCUT2D eigenvalue weighted by molar-refractivity contribution is 0.980. The minimum atomic E-state index is 1.09.